The molecule has 209 valence electrons. The second-order valence-corrected chi connectivity index (χ2v) is 9.09. The van der Waals surface area contributed by atoms with Gasteiger partial charge in [-0.05, 0) is 71.3 Å². The number of phenolic OH excluding ortho intramolecular Hbond substituents is 2. The molecule has 11 heteroatoms. The summed E-state index contributed by atoms with van der Waals surface area (Å²) in [6.07, 6.45) is 6.30. The molecule has 0 aliphatic rings. The molecule has 0 bridgehead atoms. The van der Waals surface area contributed by atoms with Crippen LogP contribution in [0.25, 0.3) is 18.2 Å². The van der Waals surface area contributed by atoms with E-state index < -0.39 is 23.2 Å². The number of ether oxygens (including phenoxy) is 2. The molecule has 0 heterocycles. The van der Waals surface area contributed by atoms with Crippen LogP contribution in [0.5, 0.6) is 23.0 Å². The maximum absolute atomic E-state index is 13.7. The first-order valence-corrected chi connectivity index (χ1v) is 13.4. The Hall–Kier alpha value is -3.62. The monoisotopic (exact) mass is 625 g/mol. The Morgan fingerprint density at radius 1 is 0.744 bits per heavy atom. The summed E-state index contributed by atoms with van der Waals surface area (Å²) < 4.78 is 37.1. The van der Waals surface area contributed by atoms with Crippen molar-refractivity contribution >= 4 is 50.0 Å². The summed E-state index contributed by atoms with van der Waals surface area (Å²) in [7, 11) is 12.1. The molecule has 0 saturated heterocycles. The molecular weight excluding hydrogens is 605 g/mol. The van der Waals surface area contributed by atoms with E-state index in [9.17, 15) is 28.6 Å². The predicted octanol–water partition coefficient (Wildman–Crippen LogP) is 6.72. The fraction of sp³-hybridized carbons (Fsp3) is 0.0714. The Labute approximate surface area is 238 Å². The number of ketones is 2. The maximum atomic E-state index is 13.7. The summed E-state index contributed by atoms with van der Waals surface area (Å²) in [5.74, 6) is -3.32. The van der Waals surface area contributed by atoms with E-state index in [1.807, 2.05) is 0 Å². The molecule has 0 aliphatic carbocycles. The Balaban J connectivity index is 0.00000170. The minimum absolute atomic E-state index is 0.0777. The number of halogens is 4. The molecule has 3 rings (SSSR count). The number of carbonyl (C=O) groups is 2. The van der Waals surface area contributed by atoms with Crippen molar-refractivity contribution in [1.29, 1.82) is 0 Å². The summed E-state index contributed by atoms with van der Waals surface area (Å²) in [4.78, 5) is 26.0. The van der Waals surface area contributed by atoms with E-state index in [0.717, 1.165) is 43.5 Å². The van der Waals surface area contributed by atoms with Gasteiger partial charge >= 0.3 is 33.3 Å². The Bertz CT molecular complexity index is 1350. The molecule has 3 aromatic rings. The van der Waals surface area contributed by atoms with Crippen LogP contribution >= 0.6 is 20.2 Å². The van der Waals surface area contributed by atoms with Crippen LogP contribution in [0.3, 0.4) is 0 Å². The van der Waals surface area contributed by atoms with Gasteiger partial charge in [-0.1, -0.05) is 30.4 Å². The predicted molar refractivity (Wildman–Crippen MR) is 143 cm³/mol. The minimum atomic E-state index is -1.12. The number of allylic oxidation sites excluding steroid dienone is 3. The van der Waals surface area contributed by atoms with Gasteiger partial charge in [0, 0.05) is 0 Å². The Morgan fingerprint density at radius 3 is 1.59 bits per heavy atom. The van der Waals surface area contributed by atoms with Gasteiger partial charge < -0.3 is 19.7 Å². The van der Waals surface area contributed by atoms with Crippen LogP contribution in [0.2, 0.25) is 0 Å². The number of phenols is 2. The first kappa shape index (κ1) is 31.6. The van der Waals surface area contributed by atoms with Crippen molar-refractivity contribution < 1.29 is 51.2 Å². The van der Waals surface area contributed by atoms with Crippen LogP contribution < -0.4 is 9.47 Å². The molecule has 0 atom stereocenters. The fourth-order valence-electron chi connectivity index (χ4n) is 3.15. The van der Waals surface area contributed by atoms with Crippen molar-refractivity contribution in [2.24, 2.45) is 0 Å². The van der Waals surface area contributed by atoms with Crippen LogP contribution in [0.4, 0.5) is 8.78 Å². The number of aromatic hydroxyl groups is 2. The molecular formula is C28H22Cl2CuF2O6. The van der Waals surface area contributed by atoms with Gasteiger partial charge in [0.25, 0.3) is 0 Å². The zero-order valence-corrected chi connectivity index (χ0v) is 22.9. The van der Waals surface area contributed by atoms with Gasteiger partial charge in [-0.15, -0.1) is 0 Å². The van der Waals surface area contributed by atoms with E-state index in [0.29, 0.717) is 11.1 Å². The van der Waals surface area contributed by atoms with Gasteiger partial charge in [0.05, 0.1) is 19.8 Å². The third-order valence-corrected chi connectivity index (χ3v) is 5.05. The van der Waals surface area contributed by atoms with Crippen molar-refractivity contribution in [1.82, 2.24) is 0 Å². The first-order valence-electron chi connectivity index (χ1n) is 10.8. The number of methoxy groups -OCH3 is 2. The van der Waals surface area contributed by atoms with Crippen molar-refractivity contribution in [3.63, 3.8) is 0 Å². The molecule has 0 aromatic heterocycles. The summed E-state index contributed by atoms with van der Waals surface area (Å²) in [6.45, 7) is 0. The molecule has 6 nitrogen and oxygen atoms in total. The van der Waals surface area contributed by atoms with Crippen LogP contribution in [0.15, 0.2) is 72.3 Å². The summed E-state index contributed by atoms with van der Waals surface area (Å²) in [5.41, 5.74) is 0.851. The molecule has 0 unspecified atom stereocenters. The number of rotatable bonds is 9. The summed E-state index contributed by atoms with van der Waals surface area (Å²) in [6, 6.07) is 11.9. The van der Waals surface area contributed by atoms with E-state index in [-0.39, 0.29) is 34.1 Å². The standard InChI is InChI=1S/C28H22F2O6.2ClH.Cu/c1-35-27-15-17(6-11-25(27)33)4-9-23(31)20(13-19-3-8-21(29)22(30)14-19)24(32)10-5-18-7-12-26(34)28(16-18)36-2;;;/h3-16,33-34H,1-2H3;2*1H;/q;;;+2/p-2/b9-4+,10-5+;;;. The molecule has 39 heavy (non-hydrogen) atoms. The second-order valence-electron chi connectivity index (χ2n) is 7.53. The van der Waals surface area contributed by atoms with Gasteiger partial charge in [-0.25, -0.2) is 8.78 Å². The van der Waals surface area contributed by atoms with Crippen molar-refractivity contribution in [2.45, 2.75) is 0 Å². The molecule has 0 saturated carbocycles. The van der Waals surface area contributed by atoms with E-state index in [2.05, 4.69) is 20.2 Å². The molecule has 3 aromatic carbocycles. The average Bonchev–Trinajstić information content (AvgIpc) is 2.92. The Kier molecular flexibility index (Phi) is 12.7. The molecule has 2 N–H and O–H groups in total. The van der Waals surface area contributed by atoms with Gasteiger partial charge in [-0.3, -0.25) is 9.59 Å². The normalized spacial score (nSPS) is 10.7. The summed E-state index contributed by atoms with van der Waals surface area (Å²) >= 11 is 0.757. The quantitative estimate of drug-likeness (QED) is 0.119. The molecule has 0 spiro atoms. The number of hydrogen-bond donors (Lipinski definition) is 2. The van der Waals surface area contributed by atoms with E-state index >= 15 is 0 Å². The van der Waals surface area contributed by atoms with Crippen molar-refractivity contribution in [3.05, 3.63) is 101 Å². The zero-order chi connectivity index (χ0) is 28.9. The summed E-state index contributed by atoms with van der Waals surface area (Å²) in [5, 5.41) is 19.4. The Morgan fingerprint density at radius 2 is 1.18 bits per heavy atom. The van der Waals surface area contributed by atoms with E-state index in [1.165, 1.54) is 56.7 Å². The molecule has 0 amide bonds. The third kappa shape index (κ3) is 9.57. The average molecular weight is 627 g/mol. The molecule has 0 radical (unpaired) electrons. The van der Waals surface area contributed by atoms with Crippen LogP contribution in [-0.2, 0) is 22.7 Å². The molecule has 0 aliphatic heterocycles. The van der Waals surface area contributed by atoms with Crippen molar-refractivity contribution in [3.8, 4) is 23.0 Å². The first-order chi connectivity index (χ1) is 18.6. The van der Waals surface area contributed by atoms with Crippen LogP contribution in [0, 0.1) is 11.6 Å². The molecule has 0 fully saturated rings. The van der Waals surface area contributed by atoms with Crippen molar-refractivity contribution in [2.75, 3.05) is 14.2 Å². The van der Waals surface area contributed by atoms with Crippen LogP contribution in [-0.4, -0.2) is 36.0 Å². The number of benzene rings is 3. The SMILES string of the molecule is COc1cc(/C=C/C(=O)C(=Cc2ccc(F)c(F)c2)C(=O)/C=C/c2ccc(O)c(OC)c2)ccc1O.[Cl][Cu][Cl]. The van der Waals surface area contributed by atoms with Gasteiger partial charge in [0.1, 0.15) is 0 Å². The van der Waals surface area contributed by atoms with E-state index in [1.54, 1.807) is 12.1 Å². The van der Waals surface area contributed by atoms with Gasteiger partial charge in [0.15, 0.2) is 46.2 Å². The third-order valence-electron chi connectivity index (χ3n) is 5.05. The van der Waals surface area contributed by atoms with Gasteiger partial charge in [0.2, 0.25) is 0 Å². The second kappa shape index (κ2) is 15.7. The van der Waals surface area contributed by atoms with Gasteiger partial charge in [-0.2, -0.15) is 0 Å². The zero-order valence-electron chi connectivity index (χ0n) is 20.4. The topological polar surface area (TPSA) is 93.1 Å². The fourth-order valence-corrected chi connectivity index (χ4v) is 3.15. The number of hydrogen-bond acceptors (Lipinski definition) is 6. The van der Waals surface area contributed by atoms with Crippen LogP contribution in [0.1, 0.15) is 16.7 Å². The number of carbonyl (C=O) groups excluding carboxylic acids is 2. The van der Waals surface area contributed by atoms with E-state index in [4.69, 9.17) is 9.47 Å².